The van der Waals surface area contributed by atoms with E-state index in [0.717, 1.165) is 9.80 Å². The molecule has 0 aromatic heterocycles. The first-order chi connectivity index (χ1) is 12.1. The lowest BCUT2D eigenvalue weighted by Gasteiger charge is -2.33. The Morgan fingerprint density at radius 1 is 1.12 bits per heavy atom. The molecule has 1 aliphatic heterocycles. The maximum Gasteiger partial charge on any atom is 0.749 e. The third-order valence-electron chi connectivity index (χ3n) is 5.10. The van der Waals surface area contributed by atoms with Crippen molar-refractivity contribution in [2.45, 2.75) is 45.7 Å². The van der Waals surface area contributed by atoms with Gasteiger partial charge in [0.25, 0.3) is 0 Å². The first-order valence-electron chi connectivity index (χ1n) is 8.43. The van der Waals surface area contributed by atoms with Crippen LogP contribution in [-0.4, -0.2) is 61.8 Å². The van der Waals surface area contributed by atoms with Crippen LogP contribution in [0.1, 0.15) is 40.2 Å². The first kappa shape index (κ1) is 20.7. The van der Waals surface area contributed by atoms with Crippen LogP contribution in [0.4, 0.5) is 0 Å². The Kier molecular flexibility index (Phi) is 5.69. The summed E-state index contributed by atoms with van der Waals surface area (Å²) in [5, 5.41) is 24.3. The van der Waals surface area contributed by atoms with Gasteiger partial charge < -0.3 is 22.9 Å². The van der Waals surface area contributed by atoms with Crippen molar-refractivity contribution >= 4 is 14.9 Å². The van der Waals surface area contributed by atoms with Crippen molar-refractivity contribution in [1.29, 1.82) is 0 Å². The molecule has 1 heterocycles. The van der Waals surface area contributed by atoms with Gasteiger partial charge in [-0.25, -0.2) is 5.21 Å². The van der Waals surface area contributed by atoms with Crippen LogP contribution in [0.3, 0.4) is 0 Å². The predicted octanol–water partition coefficient (Wildman–Crippen LogP) is 2.35. The Hall–Kier alpha value is -1.65. The Labute approximate surface area is 155 Å². The minimum Gasteiger partial charge on any atom is -0.714 e. The van der Waals surface area contributed by atoms with E-state index in [1.165, 1.54) is 14.2 Å². The van der Waals surface area contributed by atoms with Crippen LogP contribution in [-0.2, 0) is 13.3 Å². The summed E-state index contributed by atoms with van der Waals surface area (Å²) in [4.78, 5) is 0. The Balaban J connectivity index is 2.32. The molecule has 0 fully saturated rings. The summed E-state index contributed by atoms with van der Waals surface area (Å²) in [5.74, 6) is 0.676. The van der Waals surface area contributed by atoms with Gasteiger partial charge in [-0.1, -0.05) is 0 Å². The van der Waals surface area contributed by atoms with Crippen molar-refractivity contribution in [1.82, 2.24) is 5.06 Å². The second kappa shape index (κ2) is 7.16. The highest BCUT2D eigenvalue weighted by atomic mass is 28.4. The number of nitrogens with zero attached hydrogens (tertiary/aromatic N) is 2. The maximum absolute atomic E-state index is 12.7. The Bertz CT molecular complexity index is 670. The fourth-order valence-electron chi connectivity index (χ4n) is 2.67. The molecule has 1 aliphatic rings. The summed E-state index contributed by atoms with van der Waals surface area (Å²) in [6.07, 6.45) is 0. The van der Waals surface area contributed by atoms with Gasteiger partial charge in [0.05, 0.1) is 5.56 Å². The van der Waals surface area contributed by atoms with E-state index in [9.17, 15) is 10.4 Å². The number of benzene rings is 1. The van der Waals surface area contributed by atoms with Gasteiger partial charge in [-0.15, -0.1) is 5.06 Å². The quantitative estimate of drug-likeness (QED) is 0.439. The fraction of sp³-hybridized carbons (Fsp3) is 0.588. The summed E-state index contributed by atoms with van der Waals surface area (Å²) in [6, 6.07) is 6.77. The van der Waals surface area contributed by atoms with Crippen LogP contribution in [0, 0.1) is 5.21 Å². The van der Waals surface area contributed by atoms with Gasteiger partial charge in [-0.3, -0.25) is 4.74 Å². The Morgan fingerprint density at radius 2 is 1.65 bits per heavy atom. The van der Waals surface area contributed by atoms with Gasteiger partial charge in [0.15, 0.2) is 5.54 Å². The molecule has 0 atom stereocenters. The molecule has 8 nitrogen and oxygen atoms in total. The largest absolute Gasteiger partial charge is 0.749 e. The lowest BCUT2D eigenvalue weighted by molar-refractivity contribution is -0.539. The summed E-state index contributed by atoms with van der Waals surface area (Å²) in [7, 11) is -0.306. The lowest BCUT2D eigenvalue weighted by atomic mass is 9.84. The SMILES string of the molecule is CCO[Si](OC)(OC)Oc1ccc(C2=[N+]([O-])C(C)(C)C(C)(C)N2O)cc1. The number of rotatable bonds is 7. The van der Waals surface area contributed by atoms with Crippen LogP contribution in [0.15, 0.2) is 24.3 Å². The second-order valence-corrected chi connectivity index (χ2v) is 9.32. The van der Waals surface area contributed by atoms with Crippen molar-refractivity contribution in [3.05, 3.63) is 35.0 Å². The van der Waals surface area contributed by atoms with Gasteiger partial charge in [0.1, 0.15) is 11.3 Å². The van der Waals surface area contributed by atoms with Crippen molar-refractivity contribution in [3.8, 4) is 5.75 Å². The Morgan fingerprint density at radius 3 is 2.04 bits per heavy atom. The minimum absolute atomic E-state index is 0.193. The van der Waals surface area contributed by atoms with E-state index in [-0.39, 0.29) is 5.84 Å². The minimum atomic E-state index is -3.24. The molecule has 1 N–H and O–H groups in total. The van der Waals surface area contributed by atoms with Crippen LogP contribution in [0.5, 0.6) is 5.75 Å². The third kappa shape index (κ3) is 3.21. The number of amidine groups is 1. The van der Waals surface area contributed by atoms with Crippen molar-refractivity contribution in [2.24, 2.45) is 0 Å². The first-order valence-corrected chi connectivity index (χ1v) is 10.1. The third-order valence-corrected chi connectivity index (χ3v) is 7.23. The molecule has 0 spiro atoms. The van der Waals surface area contributed by atoms with Gasteiger partial charge >= 0.3 is 14.9 Å². The van der Waals surface area contributed by atoms with Gasteiger partial charge in [0, 0.05) is 20.8 Å². The molecule has 9 heteroatoms. The summed E-state index contributed by atoms with van der Waals surface area (Å²) < 4.78 is 22.8. The predicted molar refractivity (Wildman–Crippen MR) is 98.0 cm³/mol. The van der Waals surface area contributed by atoms with Crippen LogP contribution >= 0.6 is 0 Å². The summed E-state index contributed by atoms with van der Waals surface area (Å²) >= 11 is 0. The smallest absolute Gasteiger partial charge is 0.714 e. The van der Waals surface area contributed by atoms with E-state index in [2.05, 4.69) is 0 Å². The number of hydroxylamine groups is 3. The zero-order valence-corrected chi connectivity index (χ0v) is 17.4. The topological polar surface area (TPSA) is 86.5 Å². The zero-order chi connectivity index (χ0) is 19.8. The summed E-state index contributed by atoms with van der Waals surface area (Å²) in [6.45, 7) is 9.45. The highest BCUT2D eigenvalue weighted by Gasteiger charge is 2.58. The molecular formula is C17H28N2O6Si. The van der Waals surface area contributed by atoms with Crippen molar-refractivity contribution in [3.63, 3.8) is 0 Å². The molecule has 0 saturated heterocycles. The highest BCUT2D eigenvalue weighted by molar-refractivity contribution is 6.54. The molecule has 0 aliphatic carbocycles. The molecule has 2 rings (SSSR count). The summed E-state index contributed by atoms with van der Waals surface area (Å²) in [5.41, 5.74) is -0.968. The molecular weight excluding hydrogens is 356 g/mol. The molecule has 1 aromatic carbocycles. The van der Waals surface area contributed by atoms with Gasteiger partial charge in [-0.2, -0.15) is 0 Å². The standard InChI is InChI=1S/C17H28N2O6Si/c1-8-24-26(22-6,23-7)25-14-11-9-13(10-12-14)15-18(20)16(2,3)17(4,5)19(15)21/h9-12,20H,8H2,1-7H3. The van der Waals surface area contributed by atoms with Crippen LogP contribution < -0.4 is 4.43 Å². The number of hydrogen-bond acceptors (Lipinski definition) is 7. The van der Waals surface area contributed by atoms with E-state index in [4.69, 9.17) is 17.7 Å². The van der Waals surface area contributed by atoms with E-state index in [1.54, 1.807) is 38.1 Å². The average Bonchev–Trinajstić information content (AvgIpc) is 2.73. The molecule has 0 saturated carbocycles. The van der Waals surface area contributed by atoms with E-state index in [1.807, 2.05) is 20.8 Å². The average molecular weight is 385 g/mol. The number of hydrogen-bond donors (Lipinski definition) is 1. The second-order valence-electron chi connectivity index (χ2n) is 7.02. The van der Waals surface area contributed by atoms with Gasteiger partial charge in [0.2, 0.25) is 0 Å². The molecule has 0 amide bonds. The molecule has 1 aromatic rings. The molecule has 0 bridgehead atoms. The van der Waals surface area contributed by atoms with E-state index < -0.39 is 20.1 Å². The van der Waals surface area contributed by atoms with Crippen molar-refractivity contribution in [2.75, 3.05) is 20.8 Å². The maximum atomic E-state index is 12.7. The van der Waals surface area contributed by atoms with Crippen LogP contribution in [0.2, 0.25) is 0 Å². The molecule has 0 unspecified atom stereocenters. The lowest BCUT2D eigenvalue weighted by Crippen LogP contribution is -2.53. The van der Waals surface area contributed by atoms with Crippen LogP contribution in [0.25, 0.3) is 0 Å². The van der Waals surface area contributed by atoms with Gasteiger partial charge in [-0.05, 0) is 58.9 Å². The molecule has 0 radical (unpaired) electrons. The fourth-order valence-corrected chi connectivity index (χ4v) is 4.08. The van der Waals surface area contributed by atoms with E-state index in [0.29, 0.717) is 17.9 Å². The zero-order valence-electron chi connectivity index (χ0n) is 16.4. The van der Waals surface area contributed by atoms with E-state index >= 15 is 0 Å². The monoisotopic (exact) mass is 384 g/mol. The molecule has 26 heavy (non-hydrogen) atoms. The van der Waals surface area contributed by atoms with Crippen molar-refractivity contribution < 1.29 is 27.7 Å². The normalized spacial score (nSPS) is 19.2. The molecule has 146 valence electrons. The highest BCUT2D eigenvalue weighted by Crippen LogP contribution is 2.37.